The van der Waals surface area contributed by atoms with E-state index in [0.717, 1.165) is 19.3 Å². The first-order valence-corrected chi connectivity index (χ1v) is 5.58. The second-order valence-electron chi connectivity index (χ2n) is 4.06. The van der Waals surface area contributed by atoms with Gasteiger partial charge in [-0.05, 0) is 19.8 Å². The maximum Gasteiger partial charge on any atom is 0.330 e. The molecule has 1 heterocycles. The van der Waals surface area contributed by atoms with Crippen molar-refractivity contribution in [1.82, 2.24) is 0 Å². The Morgan fingerprint density at radius 3 is 2.81 bits per heavy atom. The fourth-order valence-electron chi connectivity index (χ4n) is 1.93. The zero-order valence-electron chi connectivity index (χ0n) is 10.1. The molecule has 1 rings (SSSR count). The van der Waals surface area contributed by atoms with E-state index in [2.05, 4.69) is 4.74 Å². The zero-order valence-corrected chi connectivity index (χ0v) is 10.1. The highest BCUT2D eigenvalue weighted by Gasteiger charge is 2.26. The van der Waals surface area contributed by atoms with Gasteiger partial charge in [0.2, 0.25) is 0 Å². The van der Waals surface area contributed by atoms with Crippen molar-refractivity contribution in [2.24, 2.45) is 0 Å². The van der Waals surface area contributed by atoms with Gasteiger partial charge >= 0.3 is 5.97 Å². The first-order valence-electron chi connectivity index (χ1n) is 5.58. The van der Waals surface area contributed by atoms with E-state index in [1.807, 2.05) is 6.92 Å². The normalized spacial score (nSPS) is 30.6. The van der Waals surface area contributed by atoms with Crippen molar-refractivity contribution in [3.05, 3.63) is 12.2 Å². The van der Waals surface area contributed by atoms with Crippen molar-refractivity contribution in [1.29, 1.82) is 0 Å². The zero-order chi connectivity index (χ0) is 12.0. The van der Waals surface area contributed by atoms with Crippen LogP contribution in [-0.4, -0.2) is 38.5 Å². The molecule has 0 saturated carbocycles. The Balaban J connectivity index is 2.36. The van der Waals surface area contributed by atoms with Gasteiger partial charge in [0.05, 0.1) is 25.4 Å². The Bertz CT molecular complexity index is 249. The molecule has 3 atom stereocenters. The largest absolute Gasteiger partial charge is 0.466 e. The smallest absolute Gasteiger partial charge is 0.330 e. The average Bonchev–Trinajstić information content (AvgIpc) is 2.28. The quantitative estimate of drug-likeness (QED) is 0.542. The van der Waals surface area contributed by atoms with E-state index in [4.69, 9.17) is 9.47 Å². The predicted octanol–water partition coefficient (Wildman–Crippen LogP) is 1.69. The van der Waals surface area contributed by atoms with Gasteiger partial charge in [0.15, 0.2) is 0 Å². The van der Waals surface area contributed by atoms with Crippen LogP contribution in [0.25, 0.3) is 0 Å². The fraction of sp³-hybridized carbons (Fsp3) is 0.750. The Labute approximate surface area is 96.6 Å². The minimum absolute atomic E-state index is 0.134. The maximum absolute atomic E-state index is 10.9. The maximum atomic E-state index is 10.9. The molecular weight excluding hydrogens is 208 g/mol. The fourth-order valence-corrected chi connectivity index (χ4v) is 1.93. The molecule has 0 unspecified atom stereocenters. The van der Waals surface area contributed by atoms with Gasteiger partial charge in [0.25, 0.3) is 0 Å². The van der Waals surface area contributed by atoms with Crippen LogP contribution in [0.15, 0.2) is 12.2 Å². The van der Waals surface area contributed by atoms with Crippen LogP contribution in [0.3, 0.4) is 0 Å². The molecule has 0 aliphatic carbocycles. The predicted molar refractivity (Wildman–Crippen MR) is 60.1 cm³/mol. The van der Waals surface area contributed by atoms with Crippen LogP contribution in [-0.2, 0) is 19.0 Å². The number of carbonyl (C=O) groups is 1. The van der Waals surface area contributed by atoms with Crippen molar-refractivity contribution in [3.8, 4) is 0 Å². The van der Waals surface area contributed by atoms with Crippen molar-refractivity contribution >= 4 is 5.97 Å². The monoisotopic (exact) mass is 228 g/mol. The van der Waals surface area contributed by atoms with Gasteiger partial charge < -0.3 is 14.2 Å². The molecule has 0 aromatic carbocycles. The standard InChI is InChI=1S/C12H20O4/c1-9-7-11(14-2)8-10(16-9)5-4-6-12(13)15-3/h4,6,9-11H,5,7-8H2,1-3H3/b6-4+/t9-,10-,11+/m0/s1. The molecule has 0 spiro atoms. The molecule has 0 aromatic rings. The number of ether oxygens (including phenoxy) is 3. The summed E-state index contributed by atoms with van der Waals surface area (Å²) in [5.74, 6) is -0.327. The highest BCUT2D eigenvalue weighted by molar-refractivity contribution is 5.81. The molecule has 4 nitrogen and oxygen atoms in total. The second-order valence-corrected chi connectivity index (χ2v) is 4.06. The van der Waals surface area contributed by atoms with Crippen LogP contribution in [0.4, 0.5) is 0 Å². The molecule has 0 N–H and O–H groups in total. The van der Waals surface area contributed by atoms with Gasteiger partial charge in [-0.1, -0.05) is 6.08 Å². The van der Waals surface area contributed by atoms with Crippen molar-refractivity contribution in [2.75, 3.05) is 14.2 Å². The molecule has 92 valence electrons. The summed E-state index contributed by atoms with van der Waals surface area (Å²) >= 11 is 0. The van der Waals surface area contributed by atoms with Crippen LogP contribution < -0.4 is 0 Å². The van der Waals surface area contributed by atoms with Crippen molar-refractivity contribution in [2.45, 2.75) is 44.5 Å². The van der Waals surface area contributed by atoms with Crippen LogP contribution in [0, 0.1) is 0 Å². The highest BCUT2D eigenvalue weighted by Crippen LogP contribution is 2.23. The van der Waals surface area contributed by atoms with Crippen molar-refractivity contribution in [3.63, 3.8) is 0 Å². The summed E-state index contributed by atoms with van der Waals surface area (Å²) in [5.41, 5.74) is 0. The molecule has 0 amide bonds. The summed E-state index contributed by atoms with van der Waals surface area (Å²) in [5, 5.41) is 0. The third-order valence-corrected chi connectivity index (χ3v) is 2.73. The van der Waals surface area contributed by atoms with Gasteiger partial charge in [-0.25, -0.2) is 4.79 Å². The number of carbonyl (C=O) groups excluding carboxylic acids is 1. The summed E-state index contributed by atoms with van der Waals surface area (Å²) in [6, 6.07) is 0. The first-order chi connectivity index (χ1) is 7.65. The number of hydrogen-bond donors (Lipinski definition) is 0. The molecule has 1 fully saturated rings. The van der Waals surface area contributed by atoms with E-state index in [0.29, 0.717) is 0 Å². The summed E-state index contributed by atoms with van der Waals surface area (Å²) in [7, 11) is 3.09. The lowest BCUT2D eigenvalue weighted by atomic mass is 9.99. The van der Waals surface area contributed by atoms with E-state index >= 15 is 0 Å². The van der Waals surface area contributed by atoms with Gasteiger partial charge in [-0.15, -0.1) is 0 Å². The van der Waals surface area contributed by atoms with Crippen LogP contribution in [0.5, 0.6) is 0 Å². The van der Waals surface area contributed by atoms with Gasteiger partial charge in [0.1, 0.15) is 0 Å². The summed E-state index contributed by atoms with van der Waals surface area (Å²) in [6.07, 6.45) is 6.38. The molecule has 0 radical (unpaired) electrons. The minimum atomic E-state index is -0.327. The molecule has 0 aromatic heterocycles. The molecule has 4 heteroatoms. The summed E-state index contributed by atoms with van der Waals surface area (Å²) < 4.78 is 15.6. The Hall–Kier alpha value is -0.870. The van der Waals surface area contributed by atoms with Gasteiger partial charge in [-0.2, -0.15) is 0 Å². The third-order valence-electron chi connectivity index (χ3n) is 2.73. The molecule has 0 bridgehead atoms. The summed E-state index contributed by atoms with van der Waals surface area (Å²) in [6.45, 7) is 2.04. The van der Waals surface area contributed by atoms with E-state index in [1.54, 1.807) is 13.2 Å². The molecule has 1 saturated heterocycles. The van der Waals surface area contributed by atoms with E-state index in [9.17, 15) is 4.79 Å². The van der Waals surface area contributed by atoms with E-state index in [-0.39, 0.29) is 24.3 Å². The number of methoxy groups -OCH3 is 2. The van der Waals surface area contributed by atoms with Crippen molar-refractivity contribution < 1.29 is 19.0 Å². The minimum Gasteiger partial charge on any atom is -0.466 e. The second kappa shape index (κ2) is 6.66. The van der Waals surface area contributed by atoms with E-state index < -0.39 is 0 Å². The molecular formula is C12H20O4. The van der Waals surface area contributed by atoms with Crippen LogP contribution in [0.1, 0.15) is 26.2 Å². The summed E-state index contributed by atoms with van der Waals surface area (Å²) in [4.78, 5) is 10.9. The number of rotatable bonds is 4. The average molecular weight is 228 g/mol. The lowest BCUT2D eigenvalue weighted by Gasteiger charge is -2.32. The number of esters is 1. The Morgan fingerprint density at radius 1 is 1.44 bits per heavy atom. The molecule has 1 aliphatic rings. The SMILES string of the molecule is COC(=O)/C=C/C[C@H]1C[C@H](OC)C[C@H](C)O1. The lowest BCUT2D eigenvalue weighted by Crippen LogP contribution is -2.34. The number of hydrogen-bond acceptors (Lipinski definition) is 4. The topological polar surface area (TPSA) is 44.8 Å². The van der Waals surface area contributed by atoms with Gasteiger partial charge in [-0.3, -0.25) is 0 Å². The molecule has 16 heavy (non-hydrogen) atoms. The Kier molecular flexibility index (Phi) is 5.49. The Morgan fingerprint density at radius 2 is 2.19 bits per heavy atom. The van der Waals surface area contributed by atoms with Crippen LogP contribution in [0.2, 0.25) is 0 Å². The van der Waals surface area contributed by atoms with E-state index in [1.165, 1.54) is 13.2 Å². The lowest BCUT2D eigenvalue weighted by molar-refractivity contribution is -0.134. The molecule has 1 aliphatic heterocycles. The van der Waals surface area contributed by atoms with Crippen LogP contribution >= 0.6 is 0 Å². The van der Waals surface area contributed by atoms with Gasteiger partial charge in [0, 0.05) is 19.6 Å². The third kappa shape index (κ3) is 4.33. The highest BCUT2D eigenvalue weighted by atomic mass is 16.5. The first kappa shape index (κ1) is 13.2.